The van der Waals surface area contributed by atoms with E-state index < -0.39 is 17.8 Å². The lowest BCUT2D eigenvalue weighted by Crippen LogP contribution is -2.32. The Hall–Kier alpha value is -2.51. The van der Waals surface area contributed by atoms with Crippen LogP contribution in [-0.4, -0.2) is 11.0 Å². The van der Waals surface area contributed by atoms with Gasteiger partial charge in [0.15, 0.2) is 0 Å². The molecule has 1 aliphatic rings. The van der Waals surface area contributed by atoms with E-state index in [4.69, 9.17) is 4.74 Å². The fraction of sp³-hybridized carbons (Fsp3) is 0.368. The first kappa shape index (κ1) is 20.2. The van der Waals surface area contributed by atoms with Crippen LogP contribution in [0.15, 0.2) is 42.5 Å². The molecule has 0 bridgehead atoms. The molecule has 3 atom stereocenters. The highest BCUT2D eigenvalue weighted by Gasteiger charge is 2.30. The second-order valence-corrected chi connectivity index (χ2v) is 6.39. The molecule has 6 nitrogen and oxygen atoms in total. The van der Waals surface area contributed by atoms with Crippen molar-refractivity contribution in [3.05, 3.63) is 65.0 Å². The second-order valence-electron chi connectivity index (χ2n) is 6.39. The van der Waals surface area contributed by atoms with Gasteiger partial charge in [0.05, 0.1) is 41.8 Å². The maximum atomic E-state index is 12.7. The third-order valence-electron chi connectivity index (χ3n) is 4.47. The molecule has 2 aromatic rings. The Labute approximate surface area is 160 Å². The number of nitrogens with zero attached hydrogens (tertiary/aromatic N) is 2. The van der Waals surface area contributed by atoms with Gasteiger partial charge in [-0.05, 0) is 36.2 Å². The molecule has 1 fully saturated rings. The smallest absolute Gasteiger partial charge is 0.367 e. The number of halogens is 3. The van der Waals surface area contributed by atoms with E-state index in [1.807, 2.05) is 25.1 Å². The Bertz CT molecular complexity index is 835. The summed E-state index contributed by atoms with van der Waals surface area (Å²) in [7, 11) is 0. The van der Waals surface area contributed by atoms with Gasteiger partial charge in [0.1, 0.15) is 6.04 Å². The first-order chi connectivity index (χ1) is 13.4. The van der Waals surface area contributed by atoms with E-state index in [1.165, 1.54) is 12.1 Å². The van der Waals surface area contributed by atoms with Crippen molar-refractivity contribution in [2.75, 3.05) is 0 Å². The van der Waals surface area contributed by atoms with Crippen molar-refractivity contribution in [1.82, 2.24) is 21.4 Å². The maximum absolute atomic E-state index is 12.7. The number of hydrogen-bond acceptors (Lipinski definition) is 6. The van der Waals surface area contributed by atoms with Crippen LogP contribution in [0.4, 0.5) is 13.2 Å². The Morgan fingerprint density at radius 2 is 1.93 bits per heavy atom. The Morgan fingerprint density at radius 1 is 1.18 bits per heavy atom. The van der Waals surface area contributed by atoms with E-state index >= 15 is 0 Å². The van der Waals surface area contributed by atoms with Crippen LogP contribution >= 0.6 is 0 Å². The monoisotopic (exact) mass is 391 g/mol. The summed E-state index contributed by atoms with van der Waals surface area (Å²) in [6.07, 6.45) is -4.02. The molecule has 0 saturated carbocycles. The van der Waals surface area contributed by atoms with E-state index in [0.717, 1.165) is 12.1 Å². The molecule has 9 heteroatoms. The minimum absolute atomic E-state index is 0.175. The Kier molecular flexibility index (Phi) is 6.26. The highest BCUT2D eigenvalue weighted by Crippen LogP contribution is 2.30. The van der Waals surface area contributed by atoms with Crippen molar-refractivity contribution in [3.63, 3.8) is 0 Å². The summed E-state index contributed by atoms with van der Waals surface area (Å²) < 4.78 is 43.9. The fourth-order valence-corrected chi connectivity index (χ4v) is 2.94. The number of hydrogen-bond donors (Lipinski definition) is 3. The summed E-state index contributed by atoms with van der Waals surface area (Å²) in [5.41, 5.74) is 9.85. The lowest BCUT2D eigenvalue weighted by molar-refractivity contribution is -0.137. The standard InChI is InChI=1S/C19H20F3N5O/c1-2-17(28-11-12-6-8-13(9-7-12)19(20,21)22)14-4-3-5-15(24-14)18-16(10-23)25-27-26-18/h3-9,16-18,25-27H,2,11H2,1H3. The number of hydrazine groups is 2. The molecule has 0 spiro atoms. The minimum Gasteiger partial charge on any atom is -0.367 e. The molecule has 0 radical (unpaired) electrons. The summed E-state index contributed by atoms with van der Waals surface area (Å²) >= 11 is 0. The van der Waals surface area contributed by atoms with E-state index in [1.54, 1.807) is 0 Å². The number of pyridine rings is 1. The van der Waals surface area contributed by atoms with E-state index in [9.17, 15) is 18.4 Å². The van der Waals surface area contributed by atoms with Crippen LogP contribution in [0.1, 0.15) is 48.0 Å². The number of aromatic nitrogens is 1. The van der Waals surface area contributed by atoms with Gasteiger partial charge in [-0.2, -0.15) is 24.0 Å². The molecule has 28 heavy (non-hydrogen) atoms. The molecule has 0 amide bonds. The molecule has 1 saturated heterocycles. The van der Waals surface area contributed by atoms with Gasteiger partial charge in [-0.15, -0.1) is 0 Å². The predicted octanol–water partition coefficient (Wildman–Crippen LogP) is 3.31. The van der Waals surface area contributed by atoms with Gasteiger partial charge in [0.2, 0.25) is 0 Å². The van der Waals surface area contributed by atoms with Crippen LogP contribution in [-0.2, 0) is 17.5 Å². The molecule has 148 valence electrons. The Morgan fingerprint density at radius 3 is 2.57 bits per heavy atom. The molecule has 2 heterocycles. The summed E-state index contributed by atoms with van der Waals surface area (Å²) in [5.74, 6) is 0. The van der Waals surface area contributed by atoms with Gasteiger partial charge in [-0.3, -0.25) is 4.98 Å². The number of nitriles is 1. The van der Waals surface area contributed by atoms with Crippen LogP contribution in [0.25, 0.3) is 0 Å². The lowest BCUT2D eigenvalue weighted by atomic mass is 10.1. The van der Waals surface area contributed by atoms with Gasteiger partial charge in [0, 0.05) is 0 Å². The molecule has 3 unspecified atom stereocenters. The predicted molar refractivity (Wildman–Crippen MR) is 95.1 cm³/mol. The number of rotatable bonds is 6. The summed E-state index contributed by atoms with van der Waals surface area (Å²) in [6.45, 7) is 2.12. The third-order valence-corrected chi connectivity index (χ3v) is 4.47. The van der Waals surface area contributed by atoms with Crippen LogP contribution in [0.3, 0.4) is 0 Å². The van der Waals surface area contributed by atoms with E-state index in [-0.39, 0.29) is 18.8 Å². The van der Waals surface area contributed by atoms with Crippen molar-refractivity contribution >= 4 is 0 Å². The molecule has 1 aliphatic heterocycles. The van der Waals surface area contributed by atoms with Gasteiger partial charge >= 0.3 is 6.18 Å². The molecular formula is C19H20F3N5O. The highest BCUT2D eigenvalue weighted by atomic mass is 19.4. The largest absolute Gasteiger partial charge is 0.416 e. The maximum Gasteiger partial charge on any atom is 0.416 e. The Balaban J connectivity index is 1.68. The fourth-order valence-electron chi connectivity index (χ4n) is 2.94. The number of nitrogens with one attached hydrogen (secondary N) is 3. The van der Waals surface area contributed by atoms with E-state index in [0.29, 0.717) is 23.4 Å². The zero-order valence-electron chi connectivity index (χ0n) is 15.1. The van der Waals surface area contributed by atoms with Crippen molar-refractivity contribution in [2.45, 2.75) is 44.3 Å². The van der Waals surface area contributed by atoms with Crippen molar-refractivity contribution in [3.8, 4) is 6.07 Å². The van der Waals surface area contributed by atoms with Crippen molar-refractivity contribution in [2.24, 2.45) is 0 Å². The molecule has 3 rings (SSSR count). The second kappa shape index (κ2) is 8.67. The highest BCUT2D eigenvalue weighted by molar-refractivity contribution is 5.24. The number of benzene rings is 1. The van der Waals surface area contributed by atoms with Gasteiger partial charge in [-0.1, -0.05) is 25.1 Å². The number of alkyl halides is 3. The number of ether oxygens (including phenoxy) is 1. The summed E-state index contributed by atoms with van der Waals surface area (Å²) in [4.78, 5) is 4.62. The van der Waals surface area contributed by atoms with E-state index in [2.05, 4.69) is 27.4 Å². The zero-order valence-corrected chi connectivity index (χ0v) is 15.1. The van der Waals surface area contributed by atoms with Gasteiger partial charge in [-0.25, -0.2) is 10.9 Å². The first-order valence-electron chi connectivity index (χ1n) is 8.82. The van der Waals surface area contributed by atoms with Gasteiger partial charge < -0.3 is 4.74 Å². The van der Waals surface area contributed by atoms with Crippen LogP contribution in [0, 0.1) is 11.3 Å². The van der Waals surface area contributed by atoms with Crippen molar-refractivity contribution < 1.29 is 17.9 Å². The van der Waals surface area contributed by atoms with Gasteiger partial charge in [0.25, 0.3) is 0 Å². The molecular weight excluding hydrogens is 371 g/mol. The summed E-state index contributed by atoms with van der Waals surface area (Å²) in [5, 5.41) is 9.19. The normalized spacial score (nSPS) is 20.7. The quantitative estimate of drug-likeness (QED) is 0.701. The molecule has 1 aromatic heterocycles. The van der Waals surface area contributed by atoms with Crippen molar-refractivity contribution in [1.29, 1.82) is 5.26 Å². The van der Waals surface area contributed by atoms with Crippen LogP contribution in [0.5, 0.6) is 0 Å². The average molecular weight is 391 g/mol. The zero-order chi connectivity index (χ0) is 20.1. The first-order valence-corrected chi connectivity index (χ1v) is 8.82. The third kappa shape index (κ3) is 4.66. The lowest BCUT2D eigenvalue weighted by Gasteiger charge is -2.18. The molecule has 1 aromatic carbocycles. The topological polar surface area (TPSA) is 82.0 Å². The molecule has 3 N–H and O–H groups in total. The van der Waals surface area contributed by atoms with Crippen LogP contribution in [0.2, 0.25) is 0 Å². The summed E-state index contributed by atoms with van der Waals surface area (Å²) in [6, 6.07) is 11.8. The SMILES string of the molecule is CCC(OCc1ccc(C(F)(F)F)cc1)c1cccc(C2NNNC2C#N)n1. The molecule has 0 aliphatic carbocycles. The average Bonchev–Trinajstić information content (AvgIpc) is 3.17. The minimum atomic E-state index is -4.35. The van der Waals surface area contributed by atoms with Crippen LogP contribution < -0.4 is 16.4 Å².